The van der Waals surface area contributed by atoms with Gasteiger partial charge in [0.25, 0.3) is 0 Å². The molecule has 0 aliphatic heterocycles. The van der Waals surface area contributed by atoms with Gasteiger partial charge in [0.1, 0.15) is 0 Å². The SMILES string of the molecule is CC1=CCC(Nc2cccc(-c3ccccc3)c2)C=C1. The predicted octanol–water partition coefficient (Wildman–Crippen LogP) is 5.04. The molecule has 100 valence electrons. The molecule has 0 bridgehead atoms. The number of allylic oxidation sites excluding steroid dienone is 2. The van der Waals surface area contributed by atoms with Crippen LogP contribution >= 0.6 is 0 Å². The van der Waals surface area contributed by atoms with Crippen LogP contribution in [0, 0.1) is 0 Å². The van der Waals surface area contributed by atoms with Crippen LogP contribution in [0.15, 0.2) is 78.4 Å². The molecule has 0 amide bonds. The van der Waals surface area contributed by atoms with Crippen LogP contribution in [-0.4, -0.2) is 6.04 Å². The lowest BCUT2D eigenvalue weighted by molar-refractivity contribution is 0.874. The van der Waals surface area contributed by atoms with Crippen LogP contribution in [0.1, 0.15) is 13.3 Å². The van der Waals surface area contributed by atoms with Crippen LogP contribution in [0.5, 0.6) is 0 Å². The van der Waals surface area contributed by atoms with Gasteiger partial charge in [0.15, 0.2) is 0 Å². The zero-order chi connectivity index (χ0) is 13.8. The third-order valence-corrected chi connectivity index (χ3v) is 3.61. The van der Waals surface area contributed by atoms with Crippen LogP contribution in [0.25, 0.3) is 11.1 Å². The average molecular weight is 261 g/mol. The van der Waals surface area contributed by atoms with Crippen molar-refractivity contribution in [3.8, 4) is 11.1 Å². The zero-order valence-corrected chi connectivity index (χ0v) is 11.7. The monoisotopic (exact) mass is 261 g/mol. The average Bonchev–Trinajstić information content (AvgIpc) is 2.51. The van der Waals surface area contributed by atoms with Gasteiger partial charge in [0.05, 0.1) is 0 Å². The van der Waals surface area contributed by atoms with Crippen molar-refractivity contribution in [3.05, 3.63) is 78.4 Å². The molecule has 1 unspecified atom stereocenters. The van der Waals surface area contributed by atoms with Gasteiger partial charge < -0.3 is 5.32 Å². The molecule has 0 saturated heterocycles. The summed E-state index contributed by atoms with van der Waals surface area (Å²) < 4.78 is 0. The van der Waals surface area contributed by atoms with Crippen LogP contribution in [0.3, 0.4) is 0 Å². The molecule has 0 radical (unpaired) electrons. The topological polar surface area (TPSA) is 12.0 Å². The van der Waals surface area contributed by atoms with Gasteiger partial charge in [0, 0.05) is 11.7 Å². The van der Waals surface area contributed by atoms with Gasteiger partial charge in [-0.15, -0.1) is 0 Å². The van der Waals surface area contributed by atoms with E-state index in [0.29, 0.717) is 6.04 Å². The van der Waals surface area contributed by atoms with E-state index in [-0.39, 0.29) is 0 Å². The Labute approximate surface area is 120 Å². The maximum atomic E-state index is 3.58. The van der Waals surface area contributed by atoms with Crippen molar-refractivity contribution in [1.29, 1.82) is 0 Å². The van der Waals surface area contributed by atoms with Crippen molar-refractivity contribution in [3.63, 3.8) is 0 Å². The molecule has 1 N–H and O–H groups in total. The lowest BCUT2D eigenvalue weighted by atomic mass is 10.0. The van der Waals surface area contributed by atoms with Crippen LogP contribution in [-0.2, 0) is 0 Å². The molecule has 1 nitrogen and oxygen atoms in total. The van der Waals surface area contributed by atoms with E-state index in [0.717, 1.165) is 6.42 Å². The van der Waals surface area contributed by atoms with E-state index < -0.39 is 0 Å². The van der Waals surface area contributed by atoms with Crippen molar-refractivity contribution >= 4 is 5.69 Å². The van der Waals surface area contributed by atoms with Crippen molar-refractivity contribution in [2.24, 2.45) is 0 Å². The lowest BCUT2D eigenvalue weighted by Crippen LogP contribution is -2.17. The first kappa shape index (κ1) is 12.7. The van der Waals surface area contributed by atoms with Crippen LogP contribution in [0.4, 0.5) is 5.69 Å². The second-order valence-corrected chi connectivity index (χ2v) is 5.24. The Hall–Kier alpha value is -2.28. The van der Waals surface area contributed by atoms with Crippen LogP contribution < -0.4 is 5.32 Å². The summed E-state index contributed by atoms with van der Waals surface area (Å²) >= 11 is 0. The molecule has 20 heavy (non-hydrogen) atoms. The minimum atomic E-state index is 0.393. The lowest BCUT2D eigenvalue weighted by Gasteiger charge is -2.18. The number of hydrogen-bond acceptors (Lipinski definition) is 1. The number of rotatable bonds is 3. The minimum Gasteiger partial charge on any atom is -0.379 e. The Morgan fingerprint density at radius 3 is 2.50 bits per heavy atom. The molecule has 0 spiro atoms. The number of nitrogens with one attached hydrogen (secondary N) is 1. The highest BCUT2D eigenvalue weighted by Crippen LogP contribution is 2.23. The summed E-state index contributed by atoms with van der Waals surface area (Å²) in [5.41, 5.74) is 5.03. The molecule has 1 atom stereocenters. The second kappa shape index (κ2) is 5.79. The van der Waals surface area contributed by atoms with E-state index in [1.165, 1.54) is 22.4 Å². The second-order valence-electron chi connectivity index (χ2n) is 5.24. The van der Waals surface area contributed by atoms with Crippen molar-refractivity contribution < 1.29 is 0 Å². The number of benzene rings is 2. The highest BCUT2D eigenvalue weighted by atomic mass is 14.9. The largest absolute Gasteiger partial charge is 0.379 e. The van der Waals surface area contributed by atoms with E-state index in [9.17, 15) is 0 Å². The summed E-state index contributed by atoms with van der Waals surface area (Å²) in [6.45, 7) is 2.14. The normalized spacial score (nSPS) is 17.6. The van der Waals surface area contributed by atoms with Crippen molar-refractivity contribution in [2.45, 2.75) is 19.4 Å². The van der Waals surface area contributed by atoms with Gasteiger partial charge in [-0.2, -0.15) is 0 Å². The summed E-state index contributed by atoms with van der Waals surface area (Å²) in [5.74, 6) is 0. The standard InChI is InChI=1S/C19H19N/c1-15-10-12-18(13-11-15)20-19-9-5-8-17(14-19)16-6-3-2-4-7-16/h2-12,14,18,20H,13H2,1H3. The molecule has 0 aromatic heterocycles. The molecule has 0 saturated carbocycles. The summed E-state index contributed by atoms with van der Waals surface area (Å²) in [4.78, 5) is 0. The zero-order valence-electron chi connectivity index (χ0n) is 11.7. The highest BCUT2D eigenvalue weighted by Gasteiger charge is 2.07. The molecular formula is C19H19N. The van der Waals surface area contributed by atoms with Gasteiger partial charge in [-0.05, 0) is 36.6 Å². The highest BCUT2D eigenvalue weighted by molar-refractivity contribution is 5.68. The van der Waals surface area contributed by atoms with E-state index in [2.05, 4.69) is 79.0 Å². The summed E-state index contributed by atoms with van der Waals surface area (Å²) in [6, 6.07) is 19.5. The first-order valence-electron chi connectivity index (χ1n) is 7.08. The molecule has 0 heterocycles. The molecular weight excluding hydrogens is 242 g/mol. The fraction of sp³-hybridized carbons (Fsp3) is 0.158. The fourth-order valence-electron chi connectivity index (χ4n) is 2.47. The number of anilines is 1. The van der Waals surface area contributed by atoms with Gasteiger partial charge >= 0.3 is 0 Å². The maximum absolute atomic E-state index is 3.58. The minimum absolute atomic E-state index is 0.393. The third-order valence-electron chi connectivity index (χ3n) is 3.61. The molecule has 2 aromatic carbocycles. The van der Waals surface area contributed by atoms with Gasteiger partial charge in [-0.1, -0.05) is 66.3 Å². The predicted molar refractivity (Wildman–Crippen MR) is 86.8 cm³/mol. The van der Waals surface area contributed by atoms with E-state index in [1.807, 2.05) is 6.07 Å². The van der Waals surface area contributed by atoms with Crippen molar-refractivity contribution in [2.75, 3.05) is 5.32 Å². The summed E-state index contributed by atoms with van der Waals surface area (Å²) in [5, 5.41) is 3.58. The molecule has 0 fully saturated rings. The fourth-order valence-corrected chi connectivity index (χ4v) is 2.47. The first-order chi connectivity index (χ1) is 9.81. The van der Waals surface area contributed by atoms with Gasteiger partial charge in [0.2, 0.25) is 0 Å². The Morgan fingerprint density at radius 2 is 1.75 bits per heavy atom. The Bertz CT molecular complexity index is 638. The molecule has 3 rings (SSSR count). The first-order valence-corrected chi connectivity index (χ1v) is 7.08. The van der Waals surface area contributed by atoms with E-state index in [4.69, 9.17) is 0 Å². The Balaban J connectivity index is 1.77. The third kappa shape index (κ3) is 3.00. The summed E-state index contributed by atoms with van der Waals surface area (Å²) in [7, 11) is 0. The molecule has 2 aromatic rings. The van der Waals surface area contributed by atoms with Gasteiger partial charge in [-0.25, -0.2) is 0 Å². The number of hydrogen-bond donors (Lipinski definition) is 1. The molecule has 1 heteroatoms. The Kier molecular flexibility index (Phi) is 3.69. The van der Waals surface area contributed by atoms with Gasteiger partial charge in [-0.3, -0.25) is 0 Å². The van der Waals surface area contributed by atoms with Crippen LogP contribution in [0.2, 0.25) is 0 Å². The Morgan fingerprint density at radius 1 is 0.950 bits per heavy atom. The maximum Gasteiger partial charge on any atom is 0.0482 e. The molecule has 1 aliphatic carbocycles. The smallest absolute Gasteiger partial charge is 0.0482 e. The quantitative estimate of drug-likeness (QED) is 0.816. The van der Waals surface area contributed by atoms with E-state index >= 15 is 0 Å². The van der Waals surface area contributed by atoms with E-state index in [1.54, 1.807) is 0 Å². The summed E-state index contributed by atoms with van der Waals surface area (Å²) in [6.07, 6.45) is 7.75. The van der Waals surface area contributed by atoms with Crippen molar-refractivity contribution in [1.82, 2.24) is 0 Å². The molecule has 1 aliphatic rings.